The van der Waals surface area contributed by atoms with Crippen LogP contribution in [-0.2, 0) is 4.79 Å². The van der Waals surface area contributed by atoms with Crippen LogP contribution in [0.15, 0.2) is 54.6 Å². The number of carbonyl (C=O) groups is 1. The molecule has 26 heavy (non-hydrogen) atoms. The van der Waals surface area contributed by atoms with Crippen LogP contribution in [0.25, 0.3) is 0 Å². The third-order valence-corrected chi connectivity index (χ3v) is 5.44. The van der Waals surface area contributed by atoms with Gasteiger partial charge in [0.2, 0.25) is 5.91 Å². The van der Waals surface area contributed by atoms with Gasteiger partial charge < -0.3 is 15.4 Å². The van der Waals surface area contributed by atoms with Crippen molar-refractivity contribution in [1.29, 1.82) is 0 Å². The van der Waals surface area contributed by atoms with Crippen LogP contribution < -0.4 is 15.4 Å². The summed E-state index contributed by atoms with van der Waals surface area (Å²) in [6, 6.07) is 14.8. The summed E-state index contributed by atoms with van der Waals surface area (Å²) in [5.41, 5.74) is 4.56. The molecule has 134 valence electrons. The molecule has 0 aromatic heterocycles. The Morgan fingerprint density at radius 2 is 2.04 bits per heavy atom. The number of nitrogens with one attached hydrogen (secondary N) is 2. The average Bonchev–Trinajstić information content (AvgIpc) is 3.17. The largest absolute Gasteiger partial charge is 0.497 e. The predicted molar refractivity (Wildman–Crippen MR) is 105 cm³/mol. The Hall–Kier alpha value is -2.75. The number of fused-ring (bicyclic) bond motifs is 3. The Labute approximate surface area is 154 Å². The first-order valence-electron chi connectivity index (χ1n) is 9.20. The lowest BCUT2D eigenvalue weighted by Crippen LogP contribution is -2.29. The van der Waals surface area contributed by atoms with E-state index >= 15 is 0 Å². The molecule has 1 heterocycles. The van der Waals surface area contributed by atoms with Gasteiger partial charge in [0.25, 0.3) is 0 Å². The second kappa shape index (κ2) is 6.87. The van der Waals surface area contributed by atoms with Crippen LogP contribution in [0.5, 0.6) is 5.75 Å². The van der Waals surface area contributed by atoms with Gasteiger partial charge in [0.15, 0.2) is 0 Å². The first kappa shape index (κ1) is 16.7. The Bertz CT molecular complexity index is 842. The lowest BCUT2D eigenvalue weighted by Gasteiger charge is -2.37. The van der Waals surface area contributed by atoms with Crippen LogP contribution in [-0.4, -0.2) is 13.0 Å². The Kier molecular flexibility index (Phi) is 4.41. The molecule has 1 aliphatic heterocycles. The lowest BCUT2D eigenvalue weighted by atomic mass is 9.77. The van der Waals surface area contributed by atoms with Crippen LogP contribution in [0.4, 0.5) is 11.4 Å². The molecule has 2 N–H and O–H groups in total. The van der Waals surface area contributed by atoms with Gasteiger partial charge in [0, 0.05) is 23.7 Å². The van der Waals surface area contributed by atoms with Crippen molar-refractivity contribution in [3.63, 3.8) is 0 Å². The van der Waals surface area contributed by atoms with Gasteiger partial charge in [-0.3, -0.25) is 4.79 Å². The number of methoxy groups -OCH3 is 1. The van der Waals surface area contributed by atoms with Gasteiger partial charge in [-0.1, -0.05) is 31.2 Å². The Balaban J connectivity index is 1.66. The van der Waals surface area contributed by atoms with Crippen LogP contribution in [0, 0.1) is 5.92 Å². The summed E-state index contributed by atoms with van der Waals surface area (Å²) in [5, 5.41) is 6.70. The van der Waals surface area contributed by atoms with Crippen LogP contribution in [0.1, 0.15) is 42.9 Å². The lowest BCUT2D eigenvalue weighted by molar-refractivity contribution is -0.115. The number of hydrogen-bond donors (Lipinski definition) is 2. The fraction of sp³-hybridized carbons (Fsp3) is 0.318. The molecule has 0 bridgehead atoms. The maximum Gasteiger partial charge on any atom is 0.224 e. The minimum atomic E-state index is 0.0448. The first-order chi connectivity index (χ1) is 12.7. The zero-order chi connectivity index (χ0) is 18.1. The number of amides is 1. The van der Waals surface area contributed by atoms with E-state index in [1.54, 1.807) is 7.11 Å². The van der Waals surface area contributed by atoms with Crippen molar-refractivity contribution in [3.8, 4) is 5.75 Å². The van der Waals surface area contributed by atoms with Crippen molar-refractivity contribution in [2.24, 2.45) is 5.92 Å². The van der Waals surface area contributed by atoms with E-state index in [1.807, 2.05) is 25.1 Å². The second-order valence-corrected chi connectivity index (χ2v) is 6.95. The molecule has 2 aliphatic rings. The number of hydrogen-bond acceptors (Lipinski definition) is 3. The van der Waals surface area contributed by atoms with Crippen molar-refractivity contribution in [2.75, 3.05) is 17.7 Å². The minimum absolute atomic E-state index is 0.0448. The fourth-order valence-corrected chi connectivity index (χ4v) is 4.06. The highest BCUT2D eigenvalue weighted by molar-refractivity contribution is 5.91. The average molecular weight is 348 g/mol. The zero-order valence-electron chi connectivity index (χ0n) is 15.2. The zero-order valence-corrected chi connectivity index (χ0v) is 15.2. The number of anilines is 2. The van der Waals surface area contributed by atoms with Crippen molar-refractivity contribution < 1.29 is 9.53 Å². The third kappa shape index (κ3) is 2.96. The summed E-state index contributed by atoms with van der Waals surface area (Å²) in [5.74, 6) is 1.77. The predicted octanol–water partition coefficient (Wildman–Crippen LogP) is 4.87. The third-order valence-electron chi connectivity index (χ3n) is 5.44. The van der Waals surface area contributed by atoms with Gasteiger partial charge in [0.05, 0.1) is 13.2 Å². The SMILES string of the molecule is CCC(=O)Nc1ccc2c(c1)C1C=CCC1C(c1ccc(OC)cc1)N2. The summed E-state index contributed by atoms with van der Waals surface area (Å²) < 4.78 is 5.29. The molecule has 4 heteroatoms. The fourth-order valence-electron chi connectivity index (χ4n) is 4.06. The van der Waals surface area contributed by atoms with Gasteiger partial charge >= 0.3 is 0 Å². The van der Waals surface area contributed by atoms with Crippen molar-refractivity contribution in [1.82, 2.24) is 0 Å². The molecular formula is C22H24N2O2. The molecule has 0 saturated heterocycles. The molecule has 3 atom stereocenters. The molecule has 2 aromatic carbocycles. The minimum Gasteiger partial charge on any atom is -0.497 e. The highest BCUT2D eigenvalue weighted by atomic mass is 16.5. The topological polar surface area (TPSA) is 50.4 Å². The van der Waals surface area contributed by atoms with Gasteiger partial charge in [-0.15, -0.1) is 0 Å². The molecule has 1 amide bonds. The summed E-state index contributed by atoms with van der Waals surface area (Å²) in [7, 11) is 1.69. The number of allylic oxidation sites excluding steroid dienone is 2. The Morgan fingerprint density at radius 3 is 2.77 bits per heavy atom. The van der Waals surface area contributed by atoms with Crippen LogP contribution >= 0.6 is 0 Å². The highest BCUT2D eigenvalue weighted by Gasteiger charge is 2.37. The van der Waals surface area contributed by atoms with Gasteiger partial charge in [0.1, 0.15) is 5.75 Å². The van der Waals surface area contributed by atoms with E-state index in [0.717, 1.165) is 23.5 Å². The van der Waals surface area contributed by atoms with E-state index in [1.165, 1.54) is 11.1 Å². The molecule has 1 aliphatic carbocycles. The molecule has 3 unspecified atom stereocenters. The molecule has 0 fully saturated rings. The smallest absolute Gasteiger partial charge is 0.224 e. The standard InChI is InChI=1S/C22H24N2O2/c1-3-21(25)23-15-9-12-20-19(13-15)17-5-4-6-18(17)22(24-20)14-7-10-16(26-2)11-8-14/h4-5,7-13,17-18,22,24H,3,6H2,1-2H3,(H,23,25). The van der Waals surface area contributed by atoms with E-state index in [2.05, 4.69) is 47.1 Å². The van der Waals surface area contributed by atoms with Crippen molar-refractivity contribution in [2.45, 2.75) is 31.7 Å². The second-order valence-electron chi connectivity index (χ2n) is 6.95. The maximum absolute atomic E-state index is 11.7. The summed E-state index contributed by atoms with van der Waals surface area (Å²) in [6.07, 6.45) is 6.13. The molecule has 0 spiro atoms. The molecule has 4 rings (SSSR count). The first-order valence-corrected chi connectivity index (χ1v) is 9.20. The van der Waals surface area contributed by atoms with Gasteiger partial charge in [-0.2, -0.15) is 0 Å². The molecule has 2 aromatic rings. The monoisotopic (exact) mass is 348 g/mol. The van der Waals surface area contributed by atoms with E-state index < -0.39 is 0 Å². The molecule has 4 nitrogen and oxygen atoms in total. The number of ether oxygens (including phenoxy) is 1. The van der Waals surface area contributed by atoms with E-state index in [9.17, 15) is 4.79 Å². The summed E-state index contributed by atoms with van der Waals surface area (Å²) in [4.78, 5) is 11.7. The van der Waals surface area contributed by atoms with E-state index in [0.29, 0.717) is 18.3 Å². The Morgan fingerprint density at radius 1 is 1.23 bits per heavy atom. The van der Waals surface area contributed by atoms with Crippen molar-refractivity contribution >= 4 is 17.3 Å². The van der Waals surface area contributed by atoms with Crippen LogP contribution in [0.2, 0.25) is 0 Å². The highest BCUT2D eigenvalue weighted by Crippen LogP contribution is 2.50. The molecule has 0 saturated carbocycles. The van der Waals surface area contributed by atoms with Crippen LogP contribution in [0.3, 0.4) is 0 Å². The quantitative estimate of drug-likeness (QED) is 0.775. The van der Waals surface area contributed by atoms with Crippen molar-refractivity contribution in [3.05, 3.63) is 65.7 Å². The maximum atomic E-state index is 11.7. The number of rotatable bonds is 4. The van der Waals surface area contributed by atoms with E-state index in [-0.39, 0.29) is 11.9 Å². The normalized spacial score (nSPS) is 22.9. The molecule has 0 radical (unpaired) electrons. The summed E-state index contributed by atoms with van der Waals surface area (Å²) in [6.45, 7) is 1.87. The molecular weight excluding hydrogens is 324 g/mol. The van der Waals surface area contributed by atoms with E-state index in [4.69, 9.17) is 4.74 Å². The van der Waals surface area contributed by atoms with Gasteiger partial charge in [-0.05, 0) is 53.8 Å². The number of carbonyl (C=O) groups excluding carboxylic acids is 1. The van der Waals surface area contributed by atoms with Gasteiger partial charge in [-0.25, -0.2) is 0 Å². The number of benzene rings is 2. The summed E-state index contributed by atoms with van der Waals surface area (Å²) >= 11 is 0.